The average molecular weight is 239 g/mol. The van der Waals surface area contributed by atoms with E-state index in [0.29, 0.717) is 5.92 Å². The van der Waals surface area contributed by atoms with E-state index in [9.17, 15) is 0 Å². The topological polar surface area (TPSA) is 39.1 Å². The van der Waals surface area contributed by atoms with Crippen LogP contribution in [-0.4, -0.2) is 29.8 Å². The van der Waals surface area contributed by atoms with E-state index in [2.05, 4.69) is 42.6 Å². The van der Waals surface area contributed by atoms with Crippen molar-refractivity contribution in [2.24, 2.45) is 5.92 Å². The molecule has 0 saturated heterocycles. The van der Waals surface area contributed by atoms with Gasteiger partial charge in [0.25, 0.3) is 0 Å². The maximum absolute atomic E-state index is 5.60. The molecule has 0 unspecified atom stereocenters. The van der Waals surface area contributed by atoms with Gasteiger partial charge in [-0.2, -0.15) is 0 Å². The molecule has 0 amide bonds. The lowest BCUT2D eigenvalue weighted by molar-refractivity contribution is 0.102. The number of imidazole rings is 1. The van der Waals surface area contributed by atoms with Gasteiger partial charge in [0.15, 0.2) is 0 Å². The Balaban J connectivity index is 2.52. The fraction of sp³-hybridized carbons (Fsp3) is 0.769. The van der Waals surface area contributed by atoms with Gasteiger partial charge in [-0.15, -0.1) is 0 Å². The van der Waals surface area contributed by atoms with E-state index < -0.39 is 0 Å². The van der Waals surface area contributed by atoms with E-state index in [1.165, 1.54) is 5.69 Å². The van der Waals surface area contributed by atoms with Crippen LogP contribution in [0, 0.1) is 5.92 Å². The van der Waals surface area contributed by atoms with Gasteiger partial charge in [-0.3, -0.25) is 0 Å². The first kappa shape index (κ1) is 14.2. The lowest BCUT2D eigenvalue weighted by Gasteiger charge is -2.25. The highest BCUT2D eigenvalue weighted by molar-refractivity contribution is 5.10. The molecular weight excluding hydrogens is 214 g/mol. The van der Waals surface area contributed by atoms with Gasteiger partial charge < -0.3 is 14.6 Å². The zero-order valence-electron chi connectivity index (χ0n) is 11.7. The maximum atomic E-state index is 5.60. The van der Waals surface area contributed by atoms with Crippen LogP contribution in [0.1, 0.15) is 33.4 Å². The van der Waals surface area contributed by atoms with Gasteiger partial charge in [0.05, 0.1) is 24.2 Å². The molecule has 1 N–H and O–H groups in total. The zero-order valence-corrected chi connectivity index (χ0v) is 11.7. The number of aromatic nitrogens is 2. The molecule has 1 rings (SSSR count). The number of rotatable bonds is 7. The second kappa shape index (κ2) is 6.17. The van der Waals surface area contributed by atoms with Crippen LogP contribution in [0.3, 0.4) is 0 Å². The molecule has 1 heterocycles. The molecule has 0 aromatic carbocycles. The highest BCUT2D eigenvalue weighted by Crippen LogP contribution is 2.18. The third kappa shape index (κ3) is 4.13. The molecule has 1 aromatic heterocycles. The van der Waals surface area contributed by atoms with Gasteiger partial charge in [0.1, 0.15) is 0 Å². The molecule has 17 heavy (non-hydrogen) atoms. The third-order valence-corrected chi connectivity index (χ3v) is 2.91. The first-order valence-electron chi connectivity index (χ1n) is 6.24. The van der Waals surface area contributed by atoms with E-state index in [0.717, 1.165) is 19.8 Å². The summed E-state index contributed by atoms with van der Waals surface area (Å²) >= 11 is 0. The molecule has 0 aliphatic rings. The van der Waals surface area contributed by atoms with E-state index in [1.54, 1.807) is 0 Å². The van der Waals surface area contributed by atoms with Crippen molar-refractivity contribution in [1.82, 2.24) is 14.9 Å². The fourth-order valence-electron chi connectivity index (χ4n) is 1.63. The molecule has 0 atom stereocenters. The Morgan fingerprint density at radius 1 is 1.47 bits per heavy atom. The summed E-state index contributed by atoms with van der Waals surface area (Å²) in [7, 11) is 1.96. The minimum atomic E-state index is -0.0610. The predicted molar refractivity (Wildman–Crippen MR) is 70.0 cm³/mol. The molecule has 4 nitrogen and oxygen atoms in total. The van der Waals surface area contributed by atoms with E-state index in [4.69, 9.17) is 4.74 Å². The van der Waals surface area contributed by atoms with Crippen molar-refractivity contribution in [1.29, 1.82) is 0 Å². The van der Waals surface area contributed by atoms with Crippen molar-refractivity contribution in [3.8, 4) is 0 Å². The molecule has 1 aromatic rings. The van der Waals surface area contributed by atoms with Crippen LogP contribution >= 0.6 is 0 Å². The van der Waals surface area contributed by atoms with E-state index in [1.807, 2.05) is 19.6 Å². The molecule has 0 saturated carbocycles. The lowest BCUT2D eigenvalue weighted by atomic mass is 10.0. The Labute approximate surface area is 104 Å². The van der Waals surface area contributed by atoms with Gasteiger partial charge in [0.2, 0.25) is 0 Å². The van der Waals surface area contributed by atoms with Crippen LogP contribution in [0.5, 0.6) is 0 Å². The molecule has 4 heteroatoms. The van der Waals surface area contributed by atoms with Crippen molar-refractivity contribution in [2.45, 2.75) is 39.8 Å². The van der Waals surface area contributed by atoms with Gasteiger partial charge in [-0.1, -0.05) is 13.8 Å². The summed E-state index contributed by atoms with van der Waals surface area (Å²) in [5, 5.41) is 3.29. The van der Waals surface area contributed by atoms with E-state index in [-0.39, 0.29) is 5.54 Å². The molecule has 0 aliphatic carbocycles. The SMILES string of the molecule is CNC(C)(C)c1cncn1CCOCC(C)C. The molecule has 98 valence electrons. The van der Waals surface area contributed by atoms with Crippen LogP contribution in [0.2, 0.25) is 0 Å². The summed E-state index contributed by atoms with van der Waals surface area (Å²) in [5.41, 5.74) is 1.13. The zero-order chi connectivity index (χ0) is 12.9. The standard InChI is InChI=1S/C13H25N3O/c1-11(2)9-17-7-6-16-10-15-8-12(16)13(3,4)14-5/h8,10-11,14H,6-7,9H2,1-5H3. The number of hydrogen-bond donors (Lipinski definition) is 1. The van der Waals surface area contributed by atoms with Crippen LogP contribution in [0.15, 0.2) is 12.5 Å². The predicted octanol–water partition coefficient (Wildman–Crippen LogP) is 2.01. The smallest absolute Gasteiger partial charge is 0.0949 e. The summed E-state index contributed by atoms with van der Waals surface area (Å²) in [6.07, 6.45) is 3.78. The number of hydrogen-bond acceptors (Lipinski definition) is 3. The number of nitrogens with one attached hydrogen (secondary N) is 1. The molecular formula is C13H25N3O. The Morgan fingerprint density at radius 3 is 2.76 bits per heavy atom. The number of nitrogens with zero attached hydrogens (tertiary/aromatic N) is 2. The second-order valence-corrected chi connectivity index (χ2v) is 5.32. The van der Waals surface area contributed by atoms with E-state index >= 15 is 0 Å². The lowest BCUT2D eigenvalue weighted by Crippen LogP contribution is -2.35. The van der Waals surface area contributed by atoms with Crippen molar-refractivity contribution in [3.63, 3.8) is 0 Å². The Morgan fingerprint density at radius 2 is 2.18 bits per heavy atom. The maximum Gasteiger partial charge on any atom is 0.0949 e. The largest absolute Gasteiger partial charge is 0.379 e. The summed E-state index contributed by atoms with van der Waals surface area (Å²) in [6, 6.07) is 0. The van der Waals surface area contributed by atoms with Gasteiger partial charge >= 0.3 is 0 Å². The molecule has 0 aliphatic heterocycles. The van der Waals surface area contributed by atoms with Crippen LogP contribution in [0.25, 0.3) is 0 Å². The summed E-state index contributed by atoms with van der Waals surface area (Å²) in [6.45, 7) is 11.0. The fourth-order valence-corrected chi connectivity index (χ4v) is 1.63. The normalized spacial score (nSPS) is 12.4. The van der Waals surface area contributed by atoms with Crippen molar-refractivity contribution in [2.75, 3.05) is 20.3 Å². The van der Waals surface area contributed by atoms with Crippen LogP contribution in [-0.2, 0) is 16.8 Å². The molecule has 0 spiro atoms. The quantitative estimate of drug-likeness (QED) is 0.740. The monoisotopic (exact) mass is 239 g/mol. The minimum Gasteiger partial charge on any atom is -0.379 e. The highest BCUT2D eigenvalue weighted by Gasteiger charge is 2.21. The van der Waals surface area contributed by atoms with Crippen molar-refractivity contribution in [3.05, 3.63) is 18.2 Å². The number of ether oxygens (including phenoxy) is 1. The summed E-state index contributed by atoms with van der Waals surface area (Å²) < 4.78 is 7.75. The van der Waals surface area contributed by atoms with Crippen molar-refractivity contribution >= 4 is 0 Å². The molecule has 0 bridgehead atoms. The minimum absolute atomic E-state index is 0.0610. The molecule has 0 radical (unpaired) electrons. The second-order valence-electron chi connectivity index (χ2n) is 5.32. The van der Waals surface area contributed by atoms with Crippen LogP contribution in [0.4, 0.5) is 0 Å². The van der Waals surface area contributed by atoms with Gasteiger partial charge in [0, 0.05) is 19.3 Å². The van der Waals surface area contributed by atoms with Gasteiger partial charge in [-0.05, 0) is 26.8 Å². The Bertz CT molecular complexity index is 331. The first-order valence-corrected chi connectivity index (χ1v) is 6.24. The highest BCUT2D eigenvalue weighted by atomic mass is 16.5. The molecule has 0 fully saturated rings. The average Bonchev–Trinajstić information content (AvgIpc) is 2.73. The van der Waals surface area contributed by atoms with Gasteiger partial charge in [-0.25, -0.2) is 4.98 Å². The first-order chi connectivity index (χ1) is 7.97. The van der Waals surface area contributed by atoms with Crippen LogP contribution < -0.4 is 5.32 Å². The van der Waals surface area contributed by atoms with Crippen molar-refractivity contribution < 1.29 is 4.74 Å². The summed E-state index contributed by atoms with van der Waals surface area (Å²) in [4.78, 5) is 4.22. The third-order valence-electron chi connectivity index (χ3n) is 2.91. The Kier molecular flexibility index (Phi) is 5.15. The Hall–Kier alpha value is -0.870. The summed E-state index contributed by atoms with van der Waals surface area (Å²) in [5.74, 6) is 0.589.